The number of nitrogen functional groups attached to an aromatic ring is 1. The van der Waals surface area contributed by atoms with Gasteiger partial charge in [-0.25, -0.2) is 13.8 Å². The van der Waals surface area contributed by atoms with E-state index in [0.29, 0.717) is 24.3 Å². The number of thiazole rings is 1. The van der Waals surface area contributed by atoms with Crippen LogP contribution in [-0.4, -0.2) is 48.8 Å². The number of likely N-dealkylation sites (N-methyl/N-ethyl adjacent to an activating group) is 1. The largest absolute Gasteiger partial charge is 0.382 e. The highest BCUT2D eigenvalue weighted by Gasteiger charge is 2.24. The zero-order valence-corrected chi connectivity index (χ0v) is 18.8. The normalized spacial score (nSPS) is 10.9. The Morgan fingerprint density at radius 2 is 1.88 bits per heavy atom. The van der Waals surface area contributed by atoms with Crippen LogP contribution in [0.1, 0.15) is 25.6 Å². The molecule has 0 unspecified atom stereocenters. The molecule has 0 saturated carbocycles. The predicted molar refractivity (Wildman–Crippen MR) is 122 cm³/mol. The van der Waals surface area contributed by atoms with Gasteiger partial charge in [-0.1, -0.05) is 29.0 Å². The molecule has 0 spiro atoms. The summed E-state index contributed by atoms with van der Waals surface area (Å²) in [6.45, 7) is 1.16. The van der Waals surface area contributed by atoms with Gasteiger partial charge in [0.1, 0.15) is 22.3 Å². The molecule has 1 heterocycles. The summed E-state index contributed by atoms with van der Waals surface area (Å²) in [7, 11) is 3.80. The van der Waals surface area contributed by atoms with Gasteiger partial charge in [0.25, 0.3) is 5.91 Å². The molecule has 2 aromatic carbocycles. The molecule has 0 aliphatic heterocycles. The number of amides is 1. The van der Waals surface area contributed by atoms with Gasteiger partial charge in [0.05, 0.1) is 16.1 Å². The minimum Gasteiger partial charge on any atom is -0.382 e. The zero-order valence-electron chi connectivity index (χ0n) is 17.2. The first kappa shape index (κ1) is 23.6. The molecule has 1 amide bonds. The summed E-state index contributed by atoms with van der Waals surface area (Å²) in [5.74, 6) is -3.33. The minimum absolute atomic E-state index is 0.0977. The molecule has 1 aromatic heterocycles. The maximum atomic E-state index is 14.0. The number of halogens is 3. The average molecular weight is 480 g/mol. The number of nitrogens with one attached hydrogen (secondary N) is 2. The van der Waals surface area contributed by atoms with E-state index >= 15 is 0 Å². The van der Waals surface area contributed by atoms with Crippen LogP contribution in [0.25, 0.3) is 0 Å². The van der Waals surface area contributed by atoms with Crippen molar-refractivity contribution in [2.75, 3.05) is 38.2 Å². The molecule has 0 saturated heterocycles. The molecule has 0 fully saturated rings. The summed E-state index contributed by atoms with van der Waals surface area (Å²) >= 11 is 7.09. The second-order valence-corrected chi connectivity index (χ2v) is 8.44. The van der Waals surface area contributed by atoms with E-state index in [2.05, 4.69) is 15.6 Å². The average Bonchev–Trinajstić information content (AvgIpc) is 3.07. The van der Waals surface area contributed by atoms with E-state index in [9.17, 15) is 18.4 Å². The van der Waals surface area contributed by atoms with Gasteiger partial charge in [-0.05, 0) is 44.4 Å². The van der Waals surface area contributed by atoms with Crippen LogP contribution in [0.2, 0.25) is 5.02 Å². The van der Waals surface area contributed by atoms with Crippen molar-refractivity contribution >= 4 is 51.3 Å². The lowest BCUT2D eigenvalue weighted by atomic mass is 10.1. The number of nitrogens with zero attached hydrogens (tertiary/aromatic N) is 2. The van der Waals surface area contributed by atoms with E-state index in [-0.39, 0.29) is 26.8 Å². The Hall–Kier alpha value is -3.08. The lowest BCUT2D eigenvalue weighted by Crippen LogP contribution is -2.31. The topological polar surface area (TPSA) is 100 Å². The SMILES string of the molecule is CN(C)CCNC(=O)c1ccc(Nc2nc(N)c(C(=O)c3c(F)cccc3F)s2)cc1Cl. The Labute approximate surface area is 192 Å². The van der Waals surface area contributed by atoms with Crippen LogP contribution in [0.5, 0.6) is 0 Å². The van der Waals surface area contributed by atoms with Crippen molar-refractivity contribution in [1.29, 1.82) is 0 Å². The number of hydrogen-bond acceptors (Lipinski definition) is 7. The molecule has 7 nitrogen and oxygen atoms in total. The summed E-state index contributed by atoms with van der Waals surface area (Å²) in [6, 6.07) is 7.84. The van der Waals surface area contributed by atoms with Crippen LogP contribution in [0.4, 0.5) is 25.4 Å². The van der Waals surface area contributed by atoms with Crippen LogP contribution in [0.3, 0.4) is 0 Å². The fourth-order valence-corrected chi connectivity index (χ4v) is 3.88. The fourth-order valence-electron chi connectivity index (χ4n) is 2.77. The van der Waals surface area contributed by atoms with Gasteiger partial charge in [0.15, 0.2) is 5.13 Å². The molecule has 32 heavy (non-hydrogen) atoms. The second-order valence-electron chi connectivity index (χ2n) is 7.04. The molecule has 0 bridgehead atoms. The van der Waals surface area contributed by atoms with Crippen molar-refractivity contribution in [1.82, 2.24) is 15.2 Å². The van der Waals surface area contributed by atoms with Crippen molar-refractivity contribution in [3.8, 4) is 0 Å². The molecule has 168 valence electrons. The third-order valence-electron chi connectivity index (χ3n) is 4.36. The van der Waals surface area contributed by atoms with E-state index in [1.807, 2.05) is 19.0 Å². The summed E-state index contributed by atoms with van der Waals surface area (Å²) in [4.78, 5) is 30.7. The summed E-state index contributed by atoms with van der Waals surface area (Å²) < 4.78 is 27.9. The zero-order chi connectivity index (χ0) is 23.4. The Balaban J connectivity index is 1.75. The third kappa shape index (κ3) is 5.39. The van der Waals surface area contributed by atoms with Gasteiger partial charge in [0, 0.05) is 18.8 Å². The summed E-state index contributed by atoms with van der Waals surface area (Å²) in [5, 5.41) is 6.15. The molecule has 4 N–H and O–H groups in total. The number of anilines is 3. The van der Waals surface area contributed by atoms with Gasteiger partial charge >= 0.3 is 0 Å². The van der Waals surface area contributed by atoms with Gasteiger partial charge in [-0.3, -0.25) is 9.59 Å². The number of carbonyl (C=O) groups is 2. The number of nitrogens with two attached hydrogens (primary N) is 1. The van der Waals surface area contributed by atoms with Crippen molar-refractivity contribution in [3.05, 3.63) is 69.1 Å². The standard InChI is InChI=1S/C21H20ClF2N5O2S/c1-29(2)9-8-26-20(31)12-7-6-11(10-13(12)22)27-21-28-19(25)18(32-21)17(30)16-14(23)4-3-5-15(16)24/h3-7,10H,8-9,25H2,1-2H3,(H,26,31)(H,27,28). The van der Waals surface area contributed by atoms with Crippen molar-refractivity contribution in [2.45, 2.75) is 0 Å². The fraction of sp³-hybridized carbons (Fsp3) is 0.190. The minimum atomic E-state index is -0.983. The van der Waals surface area contributed by atoms with Crippen molar-refractivity contribution in [3.63, 3.8) is 0 Å². The number of aromatic nitrogens is 1. The quantitative estimate of drug-likeness (QED) is 0.423. The molecule has 3 rings (SSSR count). The maximum Gasteiger partial charge on any atom is 0.252 e. The lowest BCUT2D eigenvalue weighted by Gasteiger charge is -2.11. The highest BCUT2D eigenvalue weighted by molar-refractivity contribution is 7.18. The van der Waals surface area contributed by atoms with Gasteiger partial charge in [-0.2, -0.15) is 0 Å². The second kappa shape index (κ2) is 10.0. The van der Waals surface area contributed by atoms with E-state index in [1.54, 1.807) is 12.1 Å². The molecular formula is C21H20ClF2N5O2S. The van der Waals surface area contributed by atoms with E-state index in [0.717, 1.165) is 23.5 Å². The van der Waals surface area contributed by atoms with Crippen LogP contribution in [-0.2, 0) is 0 Å². The Bertz CT molecular complexity index is 1150. The van der Waals surface area contributed by atoms with Crippen molar-refractivity contribution < 1.29 is 18.4 Å². The maximum absolute atomic E-state index is 14.0. The Kier molecular flexibility index (Phi) is 7.39. The summed E-state index contributed by atoms with van der Waals surface area (Å²) in [5.41, 5.74) is 5.91. The lowest BCUT2D eigenvalue weighted by molar-refractivity contribution is 0.0950. The first-order valence-electron chi connectivity index (χ1n) is 9.42. The Morgan fingerprint density at radius 3 is 2.50 bits per heavy atom. The predicted octanol–water partition coefficient (Wildman–Crippen LogP) is 3.92. The van der Waals surface area contributed by atoms with Crippen LogP contribution >= 0.6 is 22.9 Å². The number of benzene rings is 2. The third-order valence-corrected chi connectivity index (χ3v) is 5.66. The highest BCUT2D eigenvalue weighted by Crippen LogP contribution is 2.32. The number of ketones is 1. The smallest absolute Gasteiger partial charge is 0.252 e. The highest BCUT2D eigenvalue weighted by atomic mass is 35.5. The van der Waals surface area contributed by atoms with Crippen molar-refractivity contribution in [2.24, 2.45) is 0 Å². The van der Waals surface area contributed by atoms with Crippen LogP contribution in [0, 0.1) is 11.6 Å². The molecule has 0 radical (unpaired) electrons. The number of hydrogen-bond donors (Lipinski definition) is 3. The number of rotatable bonds is 8. The van der Waals surface area contributed by atoms with E-state index in [4.69, 9.17) is 17.3 Å². The molecular weight excluding hydrogens is 460 g/mol. The van der Waals surface area contributed by atoms with Crippen LogP contribution < -0.4 is 16.4 Å². The first-order valence-corrected chi connectivity index (χ1v) is 10.6. The number of carbonyl (C=O) groups excluding carboxylic acids is 2. The molecule has 11 heteroatoms. The van der Waals surface area contributed by atoms with Crippen LogP contribution in [0.15, 0.2) is 36.4 Å². The van der Waals surface area contributed by atoms with E-state index in [1.165, 1.54) is 12.1 Å². The summed E-state index contributed by atoms with van der Waals surface area (Å²) in [6.07, 6.45) is 0. The molecule has 0 aliphatic carbocycles. The van der Waals surface area contributed by atoms with E-state index < -0.39 is 23.0 Å². The Morgan fingerprint density at radius 1 is 1.19 bits per heavy atom. The molecule has 3 aromatic rings. The monoisotopic (exact) mass is 479 g/mol. The van der Waals surface area contributed by atoms with Gasteiger partial charge < -0.3 is 21.3 Å². The molecule has 0 aliphatic rings. The van der Waals surface area contributed by atoms with Gasteiger partial charge in [0.2, 0.25) is 5.78 Å². The molecule has 0 atom stereocenters. The first-order chi connectivity index (χ1) is 15.2. The van der Waals surface area contributed by atoms with Gasteiger partial charge in [-0.15, -0.1) is 0 Å².